The van der Waals surface area contributed by atoms with Crippen molar-refractivity contribution in [3.63, 3.8) is 0 Å². The molecule has 8 rings (SSSR count). The van der Waals surface area contributed by atoms with Gasteiger partial charge in [-0.1, -0.05) is 96.8 Å². The Morgan fingerprint density at radius 2 is 0.945 bits per heavy atom. The first-order valence-electron chi connectivity index (χ1n) is 18.1. The first kappa shape index (κ1) is 37.0. The van der Waals surface area contributed by atoms with Crippen LogP contribution in [0.15, 0.2) is 164 Å². The fraction of sp³-hybridized carbons (Fsp3) is 0.0800. The minimum atomic E-state index is 0. The van der Waals surface area contributed by atoms with E-state index in [4.69, 9.17) is 0 Å². The molecule has 3 aromatic heterocycles. The van der Waals surface area contributed by atoms with Crippen molar-refractivity contribution in [1.82, 2.24) is 15.0 Å². The number of pyridine rings is 3. The molecule has 0 spiro atoms. The van der Waals surface area contributed by atoms with Crippen molar-refractivity contribution in [2.24, 2.45) is 0 Å². The number of benzene rings is 5. The monoisotopic (exact) mass is 884 g/mol. The van der Waals surface area contributed by atoms with Crippen LogP contribution < -0.4 is 0 Å². The van der Waals surface area contributed by atoms with Crippen molar-refractivity contribution < 1.29 is 20.1 Å². The molecule has 0 atom stereocenters. The molecule has 0 aliphatic rings. The number of hydrogen-bond donors (Lipinski definition) is 0. The van der Waals surface area contributed by atoms with Gasteiger partial charge in [0, 0.05) is 24.2 Å². The fourth-order valence-electron chi connectivity index (χ4n) is 6.76. The van der Waals surface area contributed by atoms with Crippen LogP contribution in [0.1, 0.15) is 27.8 Å². The third-order valence-corrected chi connectivity index (χ3v) is 9.62. The van der Waals surface area contributed by atoms with E-state index in [0.717, 1.165) is 70.6 Å². The van der Waals surface area contributed by atoms with Crippen molar-refractivity contribution >= 4 is 0 Å². The van der Waals surface area contributed by atoms with Crippen LogP contribution in [0.2, 0.25) is 0 Å². The fourth-order valence-corrected chi connectivity index (χ4v) is 6.76. The predicted octanol–water partition coefficient (Wildman–Crippen LogP) is 11.0. The third-order valence-electron chi connectivity index (χ3n) is 9.62. The molecule has 264 valence electrons. The van der Waals surface area contributed by atoms with E-state index in [1.165, 1.54) is 33.4 Å². The molecule has 0 fully saturated rings. The van der Waals surface area contributed by atoms with Crippen LogP contribution >= 0.6 is 0 Å². The zero-order valence-corrected chi connectivity index (χ0v) is 32.4. The number of hydrogen-bond acceptors (Lipinski definition) is 4. The van der Waals surface area contributed by atoms with E-state index in [0.29, 0.717) is 5.56 Å². The quantitative estimate of drug-likeness (QED) is 0.121. The van der Waals surface area contributed by atoms with Gasteiger partial charge in [0.25, 0.3) is 0 Å². The number of nitriles is 1. The van der Waals surface area contributed by atoms with Gasteiger partial charge in [-0.3, -0.25) is 0 Å². The van der Waals surface area contributed by atoms with Crippen LogP contribution in [0.3, 0.4) is 0 Å². The van der Waals surface area contributed by atoms with Gasteiger partial charge in [-0.15, -0.1) is 101 Å². The molecule has 0 radical (unpaired) electrons. The summed E-state index contributed by atoms with van der Waals surface area (Å²) in [5.41, 5.74) is 15.7. The minimum absolute atomic E-state index is 0. The second-order valence-corrected chi connectivity index (χ2v) is 13.3. The van der Waals surface area contributed by atoms with Crippen molar-refractivity contribution in [3.8, 4) is 62.1 Å². The Labute approximate surface area is 336 Å². The Kier molecular flexibility index (Phi) is 11.9. The van der Waals surface area contributed by atoms with Gasteiger partial charge in [-0.25, -0.2) is 0 Å². The topological polar surface area (TPSA) is 62.5 Å². The summed E-state index contributed by atoms with van der Waals surface area (Å²) in [7, 11) is 0. The van der Waals surface area contributed by atoms with Crippen LogP contribution in [0.25, 0.3) is 56.0 Å². The molecule has 0 saturated heterocycles. The molecular weight excluding hydrogens is 849 g/mol. The van der Waals surface area contributed by atoms with Crippen molar-refractivity contribution in [1.29, 1.82) is 5.26 Å². The average molecular weight is 884 g/mol. The molecule has 4 nitrogen and oxygen atoms in total. The summed E-state index contributed by atoms with van der Waals surface area (Å²) in [5, 5.41) is 9.37. The van der Waals surface area contributed by atoms with Crippen LogP contribution in [0.5, 0.6) is 0 Å². The third kappa shape index (κ3) is 9.08. The molecule has 0 N–H and O–H groups in total. The summed E-state index contributed by atoms with van der Waals surface area (Å²) >= 11 is 0. The largest absolute Gasteiger partial charge is 3.00 e. The van der Waals surface area contributed by atoms with E-state index in [9.17, 15) is 5.26 Å². The Balaban J connectivity index is 0.00000465. The molecule has 0 aliphatic carbocycles. The van der Waals surface area contributed by atoms with Crippen molar-refractivity contribution in [2.45, 2.75) is 25.7 Å². The molecule has 5 heteroatoms. The van der Waals surface area contributed by atoms with E-state index in [1.807, 2.05) is 60.9 Å². The summed E-state index contributed by atoms with van der Waals surface area (Å²) in [6, 6.07) is 62.6. The summed E-state index contributed by atoms with van der Waals surface area (Å²) in [4.78, 5) is 13.4. The van der Waals surface area contributed by atoms with E-state index >= 15 is 0 Å². The molecule has 0 bridgehead atoms. The molecular formula is C50H35IrN4. The van der Waals surface area contributed by atoms with Gasteiger partial charge in [-0.2, -0.15) is 5.26 Å². The summed E-state index contributed by atoms with van der Waals surface area (Å²) in [6.45, 7) is 0. The normalized spacial score (nSPS) is 10.7. The maximum Gasteiger partial charge on any atom is 3.00 e. The first-order chi connectivity index (χ1) is 26.7. The Morgan fingerprint density at radius 3 is 1.45 bits per heavy atom. The minimum Gasteiger partial charge on any atom is -0.305 e. The Morgan fingerprint density at radius 1 is 0.436 bits per heavy atom. The standard InChI is InChI=1S/C50H35N4.Ir/c51-35-40-27-30-54-50(34-40)44-25-23-41(24-26-44)46-7-1-2-8-47(46)45-32-38(13-11-36-15-19-42(20-16-36)48-9-3-5-28-52-48)31-39(33-45)14-12-37-17-21-43(22-18-37)49-10-4-6-29-53-49;/h1-10,15-19,21,23-25,27-34H,11-14H2;/q-3;+3. The zero-order chi connectivity index (χ0) is 36.5. The van der Waals surface area contributed by atoms with Crippen molar-refractivity contribution in [3.05, 3.63) is 210 Å². The molecule has 3 heterocycles. The van der Waals surface area contributed by atoms with Crippen LogP contribution in [0.4, 0.5) is 0 Å². The summed E-state index contributed by atoms with van der Waals surface area (Å²) in [6.07, 6.45) is 8.93. The number of nitrogens with zero attached hydrogens (tertiary/aromatic N) is 4. The number of aryl methyl sites for hydroxylation is 4. The van der Waals surface area contributed by atoms with Gasteiger partial charge in [0.05, 0.1) is 6.07 Å². The zero-order valence-electron chi connectivity index (χ0n) is 30.0. The van der Waals surface area contributed by atoms with Gasteiger partial charge in [0.15, 0.2) is 0 Å². The number of rotatable bonds is 11. The smallest absolute Gasteiger partial charge is 0.305 e. The predicted molar refractivity (Wildman–Crippen MR) is 216 cm³/mol. The average Bonchev–Trinajstić information content (AvgIpc) is 3.26. The molecule has 0 unspecified atom stereocenters. The van der Waals surface area contributed by atoms with Gasteiger partial charge in [0.1, 0.15) is 0 Å². The first-order valence-corrected chi connectivity index (χ1v) is 18.1. The molecule has 8 aromatic rings. The van der Waals surface area contributed by atoms with Gasteiger partial charge in [0.2, 0.25) is 0 Å². The molecule has 55 heavy (non-hydrogen) atoms. The SMILES string of the molecule is N#Cc1ccnc(-c2[c-]cc(-c3ccccc3-c3cc(CCc4c[c-]c(-c5ccccn5)cc4)cc(CCc4c[c-]c(-c5ccccn5)cc4)c3)cc2)c1.[Ir+3]. The molecule has 0 amide bonds. The van der Waals surface area contributed by atoms with E-state index in [2.05, 4.69) is 124 Å². The molecule has 5 aromatic carbocycles. The van der Waals surface area contributed by atoms with Crippen LogP contribution in [0, 0.1) is 29.5 Å². The van der Waals surface area contributed by atoms with Crippen molar-refractivity contribution in [2.75, 3.05) is 0 Å². The summed E-state index contributed by atoms with van der Waals surface area (Å²) in [5.74, 6) is 0. The van der Waals surface area contributed by atoms with Crippen LogP contribution in [-0.4, -0.2) is 15.0 Å². The number of aromatic nitrogens is 3. The van der Waals surface area contributed by atoms with Gasteiger partial charge in [-0.05, 0) is 70.4 Å². The Bertz CT molecular complexity index is 2420. The summed E-state index contributed by atoms with van der Waals surface area (Å²) < 4.78 is 0. The van der Waals surface area contributed by atoms with Crippen LogP contribution in [-0.2, 0) is 45.8 Å². The molecule has 0 saturated carbocycles. The maximum atomic E-state index is 9.37. The van der Waals surface area contributed by atoms with E-state index < -0.39 is 0 Å². The molecule has 0 aliphatic heterocycles. The second kappa shape index (κ2) is 17.7. The second-order valence-electron chi connectivity index (χ2n) is 13.3. The van der Waals surface area contributed by atoms with Gasteiger partial charge < -0.3 is 15.0 Å². The maximum absolute atomic E-state index is 9.37. The van der Waals surface area contributed by atoms with Gasteiger partial charge >= 0.3 is 20.1 Å². The van der Waals surface area contributed by atoms with E-state index in [1.54, 1.807) is 18.3 Å². The van der Waals surface area contributed by atoms with E-state index in [-0.39, 0.29) is 20.1 Å². The Hall–Kier alpha value is -6.31.